The van der Waals surface area contributed by atoms with Gasteiger partial charge in [0.1, 0.15) is 23.7 Å². The van der Waals surface area contributed by atoms with Gasteiger partial charge in [-0.15, -0.1) is 0 Å². The lowest BCUT2D eigenvalue weighted by Gasteiger charge is -2.43. The number of hydrogen-bond acceptors (Lipinski definition) is 7. The summed E-state index contributed by atoms with van der Waals surface area (Å²) >= 11 is 0. The first-order chi connectivity index (χ1) is 14.9. The standard InChI is InChI=1S/C22H22FN5O3/c1-13-4-5-16(15(23)6-13)26-20-14-7-18(19(30-3)8-17(14)24-12-25-20)28-11-22(31-21(28)29)9-27(2)10-22/h4-8,12H,9-11H2,1-3H3,(H,24,25,26). The van der Waals surface area contributed by atoms with E-state index in [2.05, 4.69) is 20.2 Å². The minimum atomic E-state index is -0.495. The molecule has 1 spiro atoms. The third-order valence-electron chi connectivity index (χ3n) is 5.69. The fraction of sp³-hybridized carbons (Fsp3) is 0.318. The van der Waals surface area contributed by atoms with Crippen LogP contribution in [0.2, 0.25) is 0 Å². The van der Waals surface area contributed by atoms with Gasteiger partial charge in [-0.05, 0) is 37.7 Å². The molecule has 9 heteroatoms. The fourth-order valence-electron chi connectivity index (χ4n) is 4.31. The first kappa shape index (κ1) is 19.5. The average Bonchev–Trinajstić information content (AvgIpc) is 3.06. The lowest BCUT2D eigenvalue weighted by atomic mass is 9.95. The average molecular weight is 423 g/mol. The molecule has 2 saturated heterocycles. The second-order valence-corrected chi connectivity index (χ2v) is 8.18. The predicted octanol–water partition coefficient (Wildman–Crippen LogP) is 3.47. The van der Waals surface area contributed by atoms with E-state index >= 15 is 0 Å². The van der Waals surface area contributed by atoms with Gasteiger partial charge in [0.25, 0.3) is 0 Å². The summed E-state index contributed by atoms with van der Waals surface area (Å²) in [5.74, 6) is 0.558. The molecule has 160 valence electrons. The Morgan fingerprint density at radius 3 is 2.71 bits per heavy atom. The van der Waals surface area contributed by atoms with Crippen LogP contribution in [0.5, 0.6) is 5.75 Å². The predicted molar refractivity (Wildman–Crippen MR) is 115 cm³/mol. The first-order valence-corrected chi connectivity index (χ1v) is 9.92. The molecule has 1 amide bonds. The van der Waals surface area contributed by atoms with E-state index < -0.39 is 11.7 Å². The summed E-state index contributed by atoms with van der Waals surface area (Å²) in [7, 11) is 3.53. The number of rotatable bonds is 4. The third kappa shape index (κ3) is 3.31. The van der Waals surface area contributed by atoms with Crippen molar-refractivity contribution < 1.29 is 18.7 Å². The van der Waals surface area contributed by atoms with E-state index in [4.69, 9.17) is 9.47 Å². The second kappa shape index (κ2) is 7.05. The molecule has 3 aromatic rings. The molecule has 5 rings (SSSR count). The summed E-state index contributed by atoms with van der Waals surface area (Å²) in [4.78, 5) is 25.0. The molecule has 0 aliphatic carbocycles. The monoisotopic (exact) mass is 423 g/mol. The first-order valence-electron chi connectivity index (χ1n) is 9.92. The number of amides is 1. The number of carbonyl (C=O) groups excluding carboxylic acids is 1. The van der Waals surface area contributed by atoms with E-state index in [0.717, 1.165) is 5.56 Å². The van der Waals surface area contributed by atoms with Crippen molar-refractivity contribution in [2.75, 3.05) is 44.0 Å². The molecular weight excluding hydrogens is 401 g/mol. The molecule has 2 aliphatic heterocycles. The Hall–Kier alpha value is -3.46. The summed E-state index contributed by atoms with van der Waals surface area (Å²) in [6, 6.07) is 8.46. The van der Waals surface area contributed by atoms with Crippen LogP contribution in [0.1, 0.15) is 5.56 Å². The Labute approximate surface area is 178 Å². The van der Waals surface area contributed by atoms with Crippen molar-refractivity contribution in [2.24, 2.45) is 0 Å². The van der Waals surface area contributed by atoms with Gasteiger partial charge in [0.2, 0.25) is 0 Å². The van der Waals surface area contributed by atoms with E-state index in [1.165, 1.54) is 12.4 Å². The van der Waals surface area contributed by atoms with Gasteiger partial charge in [0.15, 0.2) is 5.60 Å². The smallest absolute Gasteiger partial charge is 0.415 e. The molecule has 2 fully saturated rings. The molecule has 1 aromatic heterocycles. The number of halogens is 1. The lowest BCUT2D eigenvalue weighted by molar-refractivity contribution is -0.0599. The summed E-state index contributed by atoms with van der Waals surface area (Å²) in [5, 5.41) is 3.68. The SMILES string of the molecule is COc1cc2ncnc(Nc3ccc(C)cc3F)c2cc1N1CC2(CN(C)C2)OC1=O. The zero-order valence-electron chi connectivity index (χ0n) is 17.5. The number of nitrogens with one attached hydrogen (secondary N) is 1. The zero-order chi connectivity index (χ0) is 21.8. The molecule has 0 saturated carbocycles. The second-order valence-electron chi connectivity index (χ2n) is 8.18. The van der Waals surface area contributed by atoms with Crippen LogP contribution < -0.4 is 15.0 Å². The molecule has 0 atom stereocenters. The van der Waals surface area contributed by atoms with Gasteiger partial charge in [0, 0.05) is 24.5 Å². The van der Waals surface area contributed by atoms with Gasteiger partial charge >= 0.3 is 6.09 Å². The van der Waals surface area contributed by atoms with Crippen LogP contribution in [-0.4, -0.2) is 60.4 Å². The minimum absolute atomic E-state index is 0.306. The van der Waals surface area contributed by atoms with E-state index in [0.29, 0.717) is 53.5 Å². The highest BCUT2D eigenvalue weighted by atomic mass is 19.1. The van der Waals surface area contributed by atoms with E-state index in [1.54, 1.807) is 30.2 Å². The van der Waals surface area contributed by atoms with Crippen molar-refractivity contribution in [1.29, 1.82) is 0 Å². The number of likely N-dealkylation sites (N-methyl/N-ethyl adjacent to an activating group) is 1. The number of aromatic nitrogens is 2. The molecule has 0 unspecified atom stereocenters. The summed E-state index contributed by atoms with van der Waals surface area (Å²) in [5.41, 5.74) is 1.81. The largest absolute Gasteiger partial charge is 0.494 e. The van der Waals surface area contributed by atoms with E-state index in [-0.39, 0.29) is 5.82 Å². The van der Waals surface area contributed by atoms with Crippen LogP contribution >= 0.6 is 0 Å². The van der Waals surface area contributed by atoms with Crippen molar-refractivity contribution >= 4 is 34.2 Å². The van der Waals surface area contributed by atoms with Crippen LogP contribution in [0, 0.1) is 12.7 Å². The van der Waals surface area contributed by atoms with Crippen molar-refractivity contribution in [3.05, 3.63) is 48.0 Å². The maximum atomic E-state index is 14.4. The number of fused-ring (bicyclic) bond motifs is 1. The van der Waals surface area contributed by atoms with E-state index in [9.17, 15) is 9.18 Å². The Morgan fingerprint density at radius 2 is 2.00 bits per heavy atom. The van der Waals surface area contributed by atoms with Gasteiger partial charge in [-0.2, -0.15) is 0 Å². The van der Waals surface area contributed by atoms with Crippen LogP contribution in [0.15, 0.2) is 36.7 Å². The normalized spacial score (nSPS) is 17.7. The third-order valence-corrected chi connectivity index (χ3v) is 5.69. The molecule has 3 heterocycles. The zero-order valence-corrected chi connectivity index (χ0v) is 17.5. The van der Waals surface area contributed by atoms with Crippen LogP contribution in [0.3, 0.4) is 0 Å². The van der Waals surface area contributed by atoms with Gasteiger partial charge in [0.05, 0.1) is 30.5 Å². The number of nitrogens with zero attached hydrogens (tertiary/aromatic N) is 4. The lowest BCUT2D eigenvalue weighted by Crippen LogP contribution is -2.62. The molecule has 31 heavy (non-hydrogen) atoms. The number of hydrogen-bond donors (Lipinski definition) is 1. The fourth-order valence-corrected chi connectivity index (χ4v) is 4.31. The van der Waals surface area contributed by atoms with Gasteiger partial charge in [-0.25, -0.2) is 19.2 Å². The number of carbonyl (C=O) groups is 1. The Bertz CT molecular complexity index is 1200. The van der Waals surface area contributed by atoms with Crippen molar-refractivity contribution in [3.8, 4) is 5.75 Å². The topological polar surface area (TPSA) is 79.8 Å². The van der Waals surface area contributed by atoms with Gasteiger partial charge in [-0.3, -0.25) is 9.80 Å². The number of benzene rings is 2. The summed E-state index contributed by atoms with van der Waals surface area (Å²) in [6.07, 6.45) is 0.987. The molecular formula is C22H22FN5O3. The van der Waals surface area contributed by atoms with Crippen LogP contribution in [0.4, 0.5) is 26.4 Å². The highest BCUT2D eigenvalue weighted by Crippen LogP contribution is 2.41. The van der Waals surface area contributed by atoms with Crippen molar-refractivity contribution in [1.82, 2.24) is 14.9 Å². The number of anilines is 3. The Kier molecular flexibility index (Phi) is 4.44. The maximum Gasteiger partial charge on any atom is 0.415 e. The van der Waals surface area contributed by atoms with Crippen molar-refractivity contribution in [2.45, 2.75) is 12.5 Å². The van der Waals surface area contributed by atoms with Crippen LogP contribution in [-0.2, 0) is 4.74 Å². The molecule has 2 aliphatic rings. The number of aryl methyl sites for hydroxylation is 1. The number of likely N-dealkylation sites (tertiary alicyclic amines) is 1. The molecule has 1 N–H and O–H groups in total. The molecule has 8 nitrogen and oxygen atoms in total. The van der Waals surface area contributed by atoms with Gasteiger partial charge in [-0.1, -0.05) is 6.07 Å². The van der Waals surface area contributed by atoms with Crippen LogP contribution in [0.25, 0.3) is 10.9 Å². The summed E-state index contributed by atoms with van der Waals surface area (Å²) < 4.78 is 25.6. The Balaban J connectivity index is 1.56. The van der Waals surface area contributed by atoms with Crippen molar-refractivity contribution in [3.63, 3.8) is 0 Å². The maximum absolute atomic E-state index is 14.4. The number of methoxy groups -OCH3 is 1. The van der Waals surface area contributed by atoms with Gasteiger partial charge < -0.3 is 14.8 Å². The summed E-state index contributed by atoms with van der Waals surface area (Å²) in [6.45, 7) is 3.63. The quantitative estimate of drug-likeness (QED) is 0.688. The molecule has 2 aromatic carbocycles. The highest BCUT2D eigenvalue weighted by Gasteiger charge is 2.53. The minimum Gasteiger partial charge on any atom is -0.494 e. The molecule has 0 radical (unpaired) electrons. The number of ether oxygens (including phenoxy) is 2. The Morgan fingerprint density at radius 1 is 1.19 bits per heavy atom. The van der Waals surface area contributed by atoms with E-state index in [1.807, 2.05) is 20.0 Å². The molecule has 0 bridgehead atoms. The highest BCUT2D eigenvalue weighted by molar-refractivity contribution is 6.00.